The molecular formula is C9H14FN3O5S2. The number of nitrogens with one attached hydrogen (secondary N) is 2. The zero-order valence-electron chi connectivity index (χ0n) is 10.5. The van der Waals surface area contributed by atoms with Crippen molar-refractivity contribution in [2.75, 3.05) is 25.0 Å². The van der Waals surface area contributed by atoms with Crippen molar-refractivity contribution >= 4 is 25.9 Å². The number of methoxy groups -OCH3 is 1. The van der Waals surface area contributed by atoms with Crippen molar-refractivity contribution in [2.45, 2.75) is 4.90 Å². The van der Waals surface area contributed by atoms with E-state index in [2.05, 4.69) is 9.46 Å². The molecule has 0 radical (unpaired) electrons. The predicted molar refractivity (Wildman–Crippen MR) is 70.2 cm³/mol. The third-order valence-electron chi connectivity index (χ3n) is 2.09. The van der Waals surface area contributed by atoms with Gasteiger partial charge in [0.15, 0.2) is 0 Å². The maximum absolute atomic E-state index is 13.1. The van der Waals surface area contributed by atoms with Gasteiger partial charge >= 0.3 is 0 Å². The summed E-state index contributed by atoms with van der Waals surface area (Å²) >= 11 is 0. The lowest BCUT2D eigenvalue weighted by molar-refractivity contribution is 0.204. The third kappa shape index (κ3) is 5.02. The summed E-state index contributed by atoms with van der Waals surface area (Å²) in [5.41, 5.74) is -0.475. The van der Waals surface area contributed by atoms with Crippen LogP contribution in [0.1, 0.15) is 0 Å². The number of halogens is 1. The van der Waals surface area contributed by atoms with E-state index in [1.54, 1.807) is 0 Å². The standard InChI is InChI=1S/C9H14FN3O5S2/c1-18-5-4-12-20(16,17)13-8-6-7(10)2-3-9(8)19(11,14)15/h2-3,6,12-13H,4-5H2,1H3,(H2,11,14,15). The van der Waals surface area contributed by atoms with Crippen molar-refractivity contribution < 1.29 is 26.0 Å². The van der Waals surface area contributed by atoms with Crippen LogP contribution in [0.5, 0.6) is 0 Å². The van der Waals surface area contributed by atoms with Gasteiger partial charge in [-0.15, -0.1) is 0 Å². The van der Waals surface area contributed by atoms with Crippen molar-refractivity contribution in [3.05, 3.63) is 24.0 Å². The van der Waals surface area contributed by atoms with Gasteiger partial charge in [-0.3, -0.25) is 4.72 Å². The molecule has 0 aromatic heterocycles. The van der Waals surface area contributed by atoms with E-state index in [0.717, 1.165) is 18.2 Å². The number of sulfonamides is 1. The number of anilines is 1. The average Bonchev–Trinajstić information content (AvgIpc) is 2.26. The van der Waals surface area contributed by atoms with Crippen LogP contribution in [0.15, 0.2) is 23.1 Å². The first-order valence-corrected chi connectivity index (χ1v) is 8.27. The Hall–Kier alpha value is -1.27. The highest BCUT2D eigenvalue weighted by Crippen LogP contribution is 2.21. The van der Waals surface area contributed by atoms with Crippen molar-refractivity contribution in [3.8, 4) is 0 Å². The molecule has 0 atom stereocenters. The fourth-order valence-electron chi connectivity index (χ4n) is 1.29. The largest absolute Gasteiger partial charge is 0.383 e. The molecule has 4 N–H and O–H groups in total. The highest BCUT2D eigenvalue weighted by Gasteiger charge is 2.19. The van der Waals surface area contributed by atoms with Crippen molar-refractivity contribution in [1.29, 1.82) is 0 Å². The Balaban J connectivity index is 3.05. The molecule has 20 heavy (non-hydrogen) atoms. The van der Waals surface area contributed by atoms with E-state index in [1.165, 1.54) is 7.11 Å². The summed E-state index contributed by atoms with van der Waals surface area (Å²) in [6.45, 7) is 0.0813. The summed E-state index contributed by atoms with van der Waals surface area (Å²) in [6.07, 6.45) is 0. The number of hydrogen-bond acceptors (Lipinski definition) is 5. The zero-order chi connectivity index (χ0) is 15.4. The van der Waals surface area contributed by atoms with Crippen LogP contribution in [0, 0.1) is 5.82 Å². The molecule has 8 nitrogen and oxygen atoms in total. The number of ether oxygens (including phenoxy) is 1. The van der Waals surface area contributed by atoms with Crippen LogP contribution in [-0.4, -0.2) is 37.1 Å². The quantitative estimate of drug-likeness (QED) is 0.574. The van der Waals surface area contributed by atoms with Crippen LogP contribution < -0.4 is 14.6 Å². The van der Waals surface area contributed by atoms with E-state index in [-0.39, 0.29) is 13.2 Å². The van der Waals surface area contributed by atoms with Crippen LogP contribution in [0.4, 0.5) is 10.1 Å². The molecule has 0 fully saturated rings. The Morgan fingerprint density at radius 3 is 2.50 bits per heavy atom. The van der Waals surface area contributed by atoms with E-state index in [0.29, 0.717) is 0 Å². The first-order chi connectivity index (χ1) is 9.15. The lowest BCUT2D eigenvalue weighted by Crippen LogP contribution is -2.33. The van der Waals surface area contributed by atoms with Gasteiger partial charge in [0.1, 0.15) is 10.7 Å². The molecule has 0 aliphatic carbocycles. The minimum Gasteiger partial charge on any atom is -0.383 e. The Morgan fingerprint density at radius 2 is 1.95 bits per heavy atom. The summed E-state index contributed by atoms with van der Waals surface area (Å²) in [5, 5.41) is 4.92. The van der Waals surface area contributed by atoms with Crippen molar-refractivity contribution in [2.24, 2.45) is 5.14 Å². The van der Waals surface area contributed by atoms with Gasteiger partial charge in [0.05, 0.1) is 12.3 Å². The van der Waals surface area contributed by atoms with Crippen LogP contribution in [0.2, 0.25) is 0 Å². The van der Waals surface area contributed by atoms with E-state index in [1.807, 2.05) is 4.72 Å². The highest BCUT2D eigenvalue weighted by molar-refractivity contribution is 7.91. The van der Waals surface area contributed by atoms with Gasteiger partial charge in [0, 0.05) is 13.7 Å². The number of benzene rings is 1. The maximum Gasteiger partial charge on any atom is 0.299 e. The second kappa shape index (κ2) is 6.45. The first-order valence-electron chi connectivity index (χ1n) is 5.24. The van der Waals surface area contributed by atoms with Crippen molar-refractivity contribution in [3.63, 3.8) is 0 Å². The topological polar surface area (TPSA) is 128 Å². The van der Waals surface area contributed by atoms with Crippen LogP contribution in [0.25, 0.3) is 0 Å². The molecule has 0 aliphatic heterocycles. The molecule has 1 aromatic rings. The van der Waals surface area contributed by atoms with Gasteiger partial charge in [-0.05, 0) is 18.2 Å². The summed E-state index contributed by atoms with van der Waals surface area (Å²) in [6, 6.07) is 2.45. The first kappa shape index (κ1) is 16.8. The highest BCUT2D eigenvalue weighted by atomic mass is 32.2. The Labute approximate surface area is 116 Å². The van der Waals surface area contributed by atoms with Gasteiger partial charge in [-0.1, -0.05) is 0 Å². The molecule has 0 saturated carbocycles. The minimum absolute atomic E-state index is 0.0359. The van der Waals surface area contributed by atoms with Crippen LogP contribution in [-0.2, 0) is 25.0 Å². The van der Waals surface area contributed by atoms with E-state index >= 15 is 0 Å². The Bertz CT molecular complexity index is 675. The molecule has 1 aromatic carbocycles. The van der Waals surface area contributed by atoms with E-state index in [9.17, 15) is 21.2 Å². The summed E-state index contributed by atoms with van der Waals surface area (Å²) < 4.78 is 67.6. The molecular weight excluding hydrogens is 313 g/mol. The smallest absolute Gasteiger partial charge is 0.299 e. The monoisotopic (exact) mass is 327 g/mol. The van der Waals surface area contributed by atoms with Crippen molar-refractivity contribution in [1.82, 2.24) is 4.72 Å². The second-order valence-corrected chi connectivity index (χ2v) is 6.71. The number of rotatable bonds is 7. The third-order valence-corrected chi connectivity index (χ3v) is 4.13. The fourth-order valence-corrected chi connectivity index (χ4v) is 2.91. The fraction of sp³-hybridized carbons (Fsp3) is 0.333. The van der Waals surface area contributed by atoms with E-state index < -0.39 is 36.6 Å². The number of nitrogens with two attached hydrogens (primary N) is 1. The van der Waals surface area contributed by atoms with Crippen LogP contribution >= 0.6 is 0 Å². The lowest BCUT2D eigenvalue weighted by atomic mass is 10.3. The van der Waals surface area contributed by atoms with Crippen LogP contribution in [0.3, 0.4) is 0 Å². The number of primary sulfonamides is 1. The predicted octanol–water partition coefficient (Wildman–Crippen LogP) is -0.634. The molecule has 0 unspecified atom stereocenters. The van der Waals surface area contributed by atoms with Gasteiger partial charge in [0.25, 0.3) is 10.2 Å². The maximum atomic E-state index is 13.1. The van der Waals surface area contributed by atoms with Gasteiger partial charge in [-0.2, -0.15) is 13.1 Å². The SMILES string of the molecule is COCCNS(=O)(=O)Nc1cc(F)ccc1S(N)(=O)=O. The minimum atomic E-state index is -4.19. The van der Waals surface area contributed by atoms with E-state index in [4.69, 9.17) is 5.14 Å². The molecule has 0 heterocycles. The molecule has 0 spiro atoms. The Morgan fingerprint density at radius 1 is 1.30 bits per heavy atom. The zero-order valence-corrected chi connectivity index (χ0v) is 12.1. The number of hydrogen-bond donors (Lipinski definition) is 3. The van der Waals surface area contributed by atoms with Gasteiger partial charge in [-0.25, -0.2) is 17.9 Å². The lowest BCUT2D eigenvalue weighted by Gasteiger charge is -2.12. The molecule has 0 aliphatic rings. The average molecular weight is 327 g/mol. The summed E-state index contributed by atoms with van der Waals surface area (Å²) in [7, 11) is -6.88. The molecule has 0 bridgehead atoms. The second-order valence-electron chi connectivity index (χ2n) is 3.68. The van der Waals surface area contributed by atoms with Gasteiger partial charge in [0.2, 0.25) is 10.0 Å². The Kier molecular flexibility index (Phi) is 5.42. The van der Waals surface area contributed by atoms with Gasteiger partial charge < -0.3 is 4.74 Å². The normalized spacial score (nSPS) is 12.3. The molecule has 1 rings (SSSR count). The summed E-state index contributed by atoms with van der Waals surface area (Å²) in [5.74, 6) is -0.813. The summed E-state index contributed by atoms with van der Waals surface area (Å²) in [4.78, 5) is -0.531. The molecule has 0 amide bonds. The molecule has 114 valence electrons. The molecule has 0 saturated heterocycles. The molecule has 11 heteroatoms.